The molecule has 2 atom stereocenters. The standard InChI is InChI=1S/C27H20N4O3.C24H18BrN3O2.3C4H9.C3H2NO.Sn/c1-33-21-13-9-17(10-14-21)23-22-24(30-29-23)27(32)31(25(22)18-5-3-2-4-6-18)20-11-7-19(8-12-20)26-28-15-16-34-26;1-30-19-13-7-15(8-14-19)21-20-22(27-26-21)24(29)28(18-11-9-17(25)10-12-18)23(20)16-5-3-2-4-6-16;3*1-3-4-2;1-2-5-3-4-1;/h2-16,25H,1H3,(H,29,30);2-14,23H,1H3,(H,26,27);3*1,3-4H2,2H3;1-2H;. The van der Waals surface area contributed by atoms with Gasteiger partial charge in [-0.15, -0.1) is 0 Å². The van der Waals surface area contributed by atoms with Gasteiger partial charge in [-0.2, -0.15) is 10.2 Å². The van der Waals surface area contributed by atoms with Crippen LogP contribution in [0.4, 0.5) is 11.4 Å². The topological polar surface area (TPSA) is 168 Å². The molecule has 4 aromatic heterocycles. The van der Waals surface area contributed by atoms with Crippen molar-refractivity contribution in [1.82, 2.24) is 30.4 Å². The molecule has 12 rings (SSSR count). The molecular formula is C66H67BrN8O6Sn. The van der Waals surface area contributed by atoms with Crippen LogP contribution in [-0.4, -0.2) is 74.8 Å². The first-order valence-corrected chi connectivity index (χ1v) is 36.4. The molecule has 2 amide bonds. The first-order valence-electron chi connectivity index (χ1n) is 28.1. The molecule has 16 heteroatoms. The molecule has 2 aliphatic heterocycles. The molecule has 2 aliphatic rings. The van der Waals surface area contributed by atoms with E-state index >= 15 is 0 Å². The number of unbranched alkanes of at least 4 members (excludes halogenated alkanes) is 3. The van der Waals surface area contributed by atoms with Crippen molar-refractivity contribution in [3.8, 4) is 45.5 Å². The number of nitrogens with one attached hydrogen (secondary N) is 2. The molecule has 0 fully saturated rings. The fourth-order valence-electron chi connectivity index (χ4n) is 11.1. The average molecular weight is 1270 g/mol. The second kappa shape index (κ2) is 26.7. The number of anilines is 2. The van der Waals surface area contributed by atoms with E-state index in [9.17, 15) is 9.59 Å². The van der Waals surface area contributed by atoms with Crippen molar-refractivity contribution >= 4 is 61.4 Å². The predicted octanol–water partition coefficient (Wildman–Crippen LogP) is 15.8. The summed E-state index contributed by atoms with van der Waals surface area (Å²) in [5, 5.41) is 15.0. The summed E-state index contributed by atoms with van der Waals surface area (Å²) in [6.07, 6.45) is 14.8. The summed E-state index contributed by atoms with van der Waals surface area (Å²) in [6.45, 7) is 6.89. The third-order valence-corrected chi connectivity index (χ3v) is 30.4. The van der Waals surface area contributed by atoms with Crippen molar-refractivity contribution in [3.05, 3.63) is 221 Å². The number of amides is 2. The molecule has 82 heavy (non-hydrogen) atoms. The van der Waals surface area contributed by atoms with Crippen molar-refractivity contribution in [1.29, 1.82) is 0 Å². The molecule has 14 nitrogen and oxygen atoms in total. The maximum absolute atomic E-state index is 13.6. The second-order valence-electron chi connectivity index (χ2n) is 20.4. The molecule has 10 aromatic rings. The van der Waals surface area contributed by atoms with Gasteiger partial charge in [0.1, 0.15) is 29.2 Å². The first kappa shape index (κ1) is 57.2. The molecule has 0 spiro atoms. The number of hydrogen-bond acceptors (Lipinski definition) is 10. The van der Waals surface area contributed by atoms with Crippen LogP contribution in [0.25, 0.3) is 34.0 Å². The number of carbonyl (C=O) groups is 2. The van der Waals surface area contributed by atoms with Gasteiger partial charge in [-0.25, -0.2) is 4.98 Å². The first-order chi connectivity index (χ1) is 40.2. The Morgan fingerprint density at radius 1 is 0.524 bits per heavy atom. The van der Waals surface area contributed by atoms with Crippen LogP contribution in [0.3, 0.4) is 0 Å². The van der Waals surface area contributed by atoms with Gasteiger partial charge in [-0.1, -0.05) is 76.6 Å². The van der Waals surface area contributed by atoms with E-state index in [1.165, 1.54) is 55.7 Å². The Kier molecular flexibility index (Phi) is 18.6. The number of methoxy groups -OCH3 is 2. The van der Waals surface area contributed by atoms with Crippen molar-refractivity contribution in [2.45, 2.75) is 84.7 Å². The Hall–Kier alpha value is -8.02. The van der Waals surface area contributed by atoms with Gasteiger partial charge in [0.05, 0.1) is 43.9 Å². The number of hydrogen-bond donors (Lipinski definition) is 2. The van der Waals surface area contributed by atoms with Crippen molar-refractivity contribution in [3.63, 3.8) is 0 Å². The fraction of sp³-hybridized carbons (Fsp3) is 0.242. The maximum Gasteiger partial charge on any atom is 0.277 e. The number of halogens is 1. The van der Waals surface area contributed by atoms with Gasteiger partial charge in [-0.3, -0.25) is 29.6 Å². The molecular weight excluding hydrogens is 1200 g/mol. The van der Waals surface area contributed by atoms with Gasteiger partial charge in [0, 0.05) is 43.7 Å². The van der Waals surface area contributed by atoms with Crippen LogP contribution in [0.2, 0.25) is 13.3 Å². The summed E-state index contributed by atoms with van der Waals surface area (Å²) in [6, 6.07) is 50.3. The van der Waals surface area contributed by atoms with Crippen molar-refractivity contribution in [2.24, 2.45) is 0 Å². The molecule has 0 aliphatic carbocycles. The number of ether oxygens (including phenoxy) is 2. The Balaban J connectivity index is 0.000000145. The van der Waals surface area contributed by atoms with Crippen molar-refractivity contribution < 1.29 is 27.9 Å². The zero-order valence-electron chi connectivity index (χ0n) is 46.8. The Morgan fingerprint density at radius 2 is 0.939 bits per heavy atom. The molecule has 0 radical (unpaired) electrons. The zero-order valence-corrected chi connectivity index (χ0v) is 51.3. The summed E-state index contributed by atoms with van der Waals surface area (Å²) in [5.74, 6) is 1.86. The minimum absolute atomic E-state index is 0.0894. The number of benzene rings is 6. The van der Waals surface area contributed by atoms with E-state index in [1.54, 1.807) is 32.9 Å². The molecule has 6 heterocycles. The third kappa shape index (κ3) is 12.1. The Bertz CT molecular complexity index is 3610. The number of oxazole rings is 2. The third-order valence-electron chi connectivity index (χ3n) is 15.3. The van der Waals surface area contributed by atoms with E-state index in [0.717, 1.165) is 77.7 Å². The Morgan fingerprint density at radius 3 is 1.33 bits per heavy atom. The summed E-state index contributed by atoms with van der Waals surface area (Å²) in [7, 11) is 3.28. The van der Waals surface area contributed by atoms with Gasteiger partial charge in [0.25, 0.3) is 11.8 Å². The number of rotatable bonds is 19. The fourth-order valence-corrected chi connectivity index (χ4v) is 26.1. The van der Waals surface area contributed by atoms with E-state index in [0.29, 0.717) is 17.3 Å². The molecule has 6 aromatic carbocycles. The zero-order chi connectivity index (χ0) is 57.0. The van der Waals surface area contributed by atoms with E-state index in [1.807, 2.05) is 174 Å². The van der Waals surface area contributed by atoms with Gasteiger partial charge in [0.15, 0.2) is 0 Å². The smallest absolute Gasteiger partial charge is 0.277 e. The molecule has 0 saturated carbocycles. The maximum atomic E-state index is 13.6. The summed E-state index contributed by atoms with van der Waals surface area (Å²) in [5.41, 5.74) is 10.6. The minimum atomic E-state index is -2.31. The van der Waals surface area contributed by atoms with Crippen LogP contribution in [0.5, 0.6) is 11.5 Å². The number of carbonyl (C=O) groups excluding carboxylic acids is 2. The summed E-state index contributed by atoms with van der Waals surface area (Å²) < 4.78 is 28.2. The molecule has 2 N–H and O–H groups in total. The molecule has 0 bridgehead atoms. The van der Waals surface area contributed by atoms with Crippen molar-refractivity contribution in [2.75, 3.05) is 24.0 Å². The normalized spacial score (nSPS) is 14.4. The van der Waals surface area contributed by atoms with Crippen LogP contribution >= 0.6 is 15.9 Å². The van der Waals surface area contributed by atoms with E-state index in [2.05, 4.69) is 67.1 Å². The van der Waals surface area contributed by atoms with Gasteiger partial charge < -0.3 is 13.9 Å². The van der Waals surface area contributed by atoms with E-state index in [4.69, 9.17) is 18.3 Å². The quantitative estimate of drug-likeness (QED) is 0.0743. The number of aromatic amines is 2. The number of fused-ring (bicyclic) bond motifs is 2. The van der Waals surface area contributed by atoms with Gasteiger partial charge in [0.2, 0.25) is 5.89 Å². The van der Waals surface area contributed by atoms with Crippen LogP contribution in [0.15, 0.2) is 196 Å². The number of nitrogens with zero attached hydrogens (tertiary/aromatic N) is 6. The van der Waals surface area contributed by atoms with E-state index in [-0.39, 0.29) is 23.9 Å². The molecule has 418 valence electrons. The monoisotopic (exact) mass is 1270 g/mol. The SMILES string of the molecule is CCC[CH2][Sn]([CH2]CCC)([CH2]CCC)[c]1ncco1.COc1ccc(-c2n[nH]c3c2C(c2ccccc2)N(c2ccc(-c4ncco4)cc2)C3=O)cc1.COc1ccc(-c2n[nH]c3c2C(c2ccccc2)N(c2ccc(Br)cc2)C3=O)cc1. The summed E-state index contributed by atoms with van der Waals surface area (Å²) in [4.78, 5) is 39.5. The molecule has 0 saturated heterocycles. The van der Waals surface area contributed by atoms with Crippen LogP contribution in [0.1, 0.15) is 115 Å². The molecule has 2 unspecified atom stereocenters. The Labute approximate surface area is 491 Å². The van der Waals surface area contributed by atoms with Gasteiger partial charge in [-0.05, 0) is 108 Å². The average Bonchev–Trinajstić information content (AvgIpc) is 3.96. The minimum Gasteiger partial charge on any atom is -0.497 e. The van der Waals surface area contributed by atoms with E-state index < -0.39 is 18.4 Å². The van der Waals surface area contributed by atoms with Crippen LogP contribution < -0.4 is 23.2 Å². The predicted molar refractivity (Wildman–Crippen MR) is 328 cm³/mol. The largest absolute Gasteiger partial charge is 0.497 e. The van der Waals surface area contributed by atoms with Crippen LogP contribution in [0, 0.1) is 0 Å². The second-order valence-corrected chi connectivity index (χ2v) is 34.2. The van der Waals surface area contributed by atoms with Crippen LogP contribution in [-0.2, 0) is 0 Å². The number of aromatic nitrogens is 6. The summed E-state index contributed by atoms with van der Waals surface area (Å²) >= 11 is 1.16. The number of H-pyrrole nitrogens is 2. The van der Waals surface area contributed by atoms with Gasteiger partial charge >= 0.3 is 117 Å².